The van der Waals surface area contributed by atoms with Crippen molar-refractivity contribution in [2.45, 2.75) is 4.90 Å². The zero-order valence-electron chi connectivity index (χ0n) is 13.8. The Labute approximate surface area is 158 Å². The SMILES string of the molecule is CSc1ccc(NC(=O)c2cnc(Nc3ccc4[nH]ncc4c3)s2)cc1. The topological polar surface area (TPSA) is 82.7 Å². The van der Waals surface area contributed by atoms with Crippen LogP contribution in [0, 0.1) is 0 Å². The average molecular weight is 381 g/mol. The molecule has 0 spiro atoms. The molecule has 1 amide bonds. The molecule has 0 radical (unpaired) electrons. The number of carbonyl (C=O) groups is 1. The predicted molar refractivity (Wildman–Crippen MR) is 108 cm³/mol. The molecule has 0 atom stereocenters. The first-order chi connectivity index (χ1) is 12.7. The molecule has 0 aliphatic carbocycles. The molecular formula is C18H15N5OS2. The molecule has 0 fully saturated rings. The van der Waals surface area contributed by atoms with Crippen molar-refractivity contribution in [2.75, 3.05) is 16.9 Å². The van der Waals surface area contributed by atoms with Gasteiger partial charge in [0.25, 0.3) is 5.91 Å². The van der Waals surface area contributed by atoms with Crippen LogP contribution < -0.4 is 10.6 Å². The molecule has 2 heterocycles. The van der Waals surface area contributed by atoms with Crippen LogP contribution in [-0.2, 0) is 0 Å². The summed E-state index contributed by atoms with van der Waals surface area (Å²) in [5.41, 5.74) is 2.64. The van der Waals surface area contributed by atoms with Crippen LogP contribution in [0.2, 0.25) is 0 Å². The van der Waals surface area contributed by atoms with E-state index in [2.05, 4.69) is 25.8 Å². The number of thiazole rings is 1. The maximum atomic E-state index is 12.4. The van der Waals surface area contributed by atoms with E-state index < -0.39 is 0 Å². The van der Waals surface area contributed by atoms with E-state index in [-0.39, 0.29) is 5.91 Å². The van der Waals surface area contributed by atoms with Crippen LogP contribution in [-0.4, -0.2) is 27.3 Å². The minimum atomic E-state index is -0.169. The Bertz CT molecular complexity index is 1050. The molecular weight excluding hydrogens is 366 g/mol. The number of nitrogens with one attached hydrogen (secondary N) is 3. The van der Waals surface area contributed by atoms with Gasteiger partial charge in [-0.3, -0.25) is 9.89 Å². The lowest BCUT2D eigenvalue weighted by molar-refractivity contribution is 0.103. The van der Waals surface area contributed by atoms with Crippen LogP contribution in [0.4, 0.5) is 16.5 Å². The van der Waals surface area contributed by atoms with Crippen LogP contribution in [0.5, 0.6) is 0 Å². The zero-order valence-corrected chi connectivity index (χ0v) is 15.4. The number of amides is 1. The van der Waals surface area contributed by atoms with E-state index in [1.807, 2.05) is 48.7 Å². The quantitative estimate of drug-likeness (QED) is 0.435. The first-order valence-electron chi connectivity index (χ1n) is 7.83. The summed E-state index contributed by atoms with van der Waals surface area (Å²) in [7, 11) is 0. The van der Waals surface area contributed by atoms with Crippen LogP contribution in [0.1, 0.15) is 9.67 Å². The highest BCUT2D eigenvalue weighted by molar-refractivity contribution is 7.98. The molecule has 3 N–H and O–H groups in total. The molecule has 26 heavy (non-hydrogen) atoms. The molecule has 8 heteroatoms. The van der Waals surface area contributed by atoms with Crippen LogP contribution in [0.25, 0.3) is 10.9 Å². The lowest BCUT2D eigenvalue weighted by Crippen LogP contribution is -2.09. The molecule has 4 aromatic rings. The standard InChI is InChI=1S/C18H15N5OS2/c1-25-14-5-2-12(3-6-14)21-17(24)16-10-19-18(26-16)22-13-4-7-15-11(8-13)9-20-23-15/h2-10H,1H3,(H,19,22)(H,20,23)(H,21,24). The van der Waals surface area contributed by atoms with Crippen molar-refractivity contribution in [3.05, 3.63) is 59.7 Å². The third-order valence-electron chi connectivity index (χ3n) is 3.77. The fourth-order valence-electron chi connectivity index (χ4n) is 2.45. The Morgan fingerprint density at radius 2 is 1.92 bits per heavy atom. The molecule has 0 unspecified atom stereocenters. The summed E-state index contributed by atoms with van der Waals surface area (Å²) in [5.74, 6) is -0.169. The van der Waals surface area contributed by atoms with E-state index in [4.69, 9.17) is 0 Å². The second kappa shape index (κ2) is 7.19. The molecule has 0 bridgehead atoms. The molecule has 0 aliphatic heterocycles. The lowest BCUT2D eigenvalue weighted by atomic mass is 10.2. The molecule has 130 valence electrons. The van der Waals surface area contributed by atoms with Crippen LogP contribution in [0.15, 0.2) is 59.8 Å². The second-order valence-corrected chi connectivity index (χ2v) is 7.42. The van der Waals surface area contributed by atoms with E-state index in [0.29, 0.717) is 10.0 Å². The Kier molecular flexibility index (Phi) is 4.59. The van der Waals surface area contributed by atoms with Crippen molar-refractivity contribution in [3.8, 4) is 0 Å². The van der Waals surface area contributed by atoms with E-state index in [9.17, 15) is 4.79 Å². The van der Waals surface area contributed by atoms with E-state index >= 15 is 0 Å². The summed E-state index contributed by atoms with van der Waals surface area (Å²) in [6.07, 6.45) is 5.36. The van der Waals surface area contributed by atoms with Gasteiger partial charge in [-0.15, -0.1) is 11.8 Å². The summed E-state index contributed by atoms with van der Waals surface area (Å²) in [5, 5.41) is 14.7. The number of hydrogen-bond acceptors (Lipinski definition) is 6. The highest BCUT2D eigenvalue weighted by Gasteiger charge is 2.11. The van der Waals surface area contributed by atoms with Gasteiger partial charge in [0.15, 0.2) is 5.13 Å². The van der Waals surface area contributed by atoms with Gasteiger partial charge in [0.1, 0.15) is 4.88 Å². The number of hydrogen-bond donors (Lipinski definition) is 3. The number of thioether (sulfide) groups is 1. The fraction of sp³-hybridized carbons (Fsp3) is 0.0556. The van der Waals surface area contributed by atoms with Crippen molar-refractivity contribution in [3.63, 3.8) is 0 Å². The second-order valence-electron chi connectivity index (χ2n) is 5.51. The lowest BCUT2D eigenvalue weighted by Gasteiger charge is -2.04. The summed E-state index contributed by atoms with van der Waals surface area (Å²) < 4.78 is 0. The molecule has 2 aromatic heterocycles. The number of nitrogens with zero attached hydrogens (tertiary/aromatic N) is 2. The van der Waals surface area contributed by atoms with Crippen molar-refractivity contribution < 1.29 is 4.79 Å². The van der Waals surface area contributed by atoms with Gasteiger partial charge < -0.3 is 10.6 Å². The van der Waals surface area contributed by atoms with E-state index in [0.717, 1.165) is 27.2 Å². The number of H-pyrrole nitrogens is 1. The summed E-state index contributed by atoms with van der Waals surface area (Å²) in [6, 6.07) is 13.6. The fourth-order valence-corrected chi connectivity index (χ4v) is 3.59. The maximum absolute atomic E-state index is 12.4. The summed E-state index contributed by atoms with van der Waals surface area (Å²) in [6.45, 7) is 0. The Morgan fingerprint density at radius 1 is 1.12 bits per heavy atom. The molecule has 6 nitrogen and oxygen atoms in total. The van der Waals surface area contributed by atoms with Gasteiger partial charge in [0, 0.05) is 21.7 Å². The minimum absolute atomic E-state index is 0.169. The van der Waals surface area contributed by atoms with Crippen molar-refractivity contribution in [2.24, 2.45) is 0 Å². The van der Waals surface area contributed by atoms with Gasteiger partial charge in [-0.1, -0.05) is 11.3 Å². The largest absolute Gasteiger partial charge is 0.332 e. The highest BCUT2D eigenvalue weighted by atomic mass is 32.2. The van der Waals surface area contributed by atoms with Gasteiger partial charge >= 0.3 is 0 Å². The zero-order chi connectivity index (χ0) is 17.9. The summed E-state index contributed by atoms with van der Waals surface area (Å²) >= 11 is 2.97. The molecule has 0 saturated heterocycles. The van der Waals surface area contributed by atoms with Gasteiger partial charge in [-0.2, -0.15) is 5.10 Å². The van der Waals surface area contributed by atoms with E-state index in [1.165, 1.54) is 11.3 Å². The van der Waals surface area contributed by atoms with Gasteiger partial charge in [0.2, 0.25) is 0 Å². The normalized spacial score (nSPS) is 10.8. The summed E-state index contributed by atoms with van der Waals surface area (Å²) in [4.78, 5) is 18.4. The van der Waals surface area contributed by atoms with Crippen LogP contribution >= 0.6 is 23.1 Å². The van der Waals surface area contributed by atoms with Gasteiger partial charge in [-0.05, 0) is 48.7 Å². The van der Waals surface area contributed by atoms with Crippen LogP contribution in [0.3, 0.4) is 0 Å². The maximum Gasteiger partial charge on any atom is 0.267 e. The number of rotatable bonds is 5. The molecule has 4 rings (SSSR count). The van der Waals surface area contributed by atoms with Crippen molar-refractivity contribution in [1.82, 2.24) is 15.2 Å². The molecule has 2 aromatic carbocycles. The smallest absolute Gasteiger partial charge is 0.267 e. The number of anilines is 3. The number of aromatic nitrogens is 3. The average Bonchev–Trinajstić information content (AvgIpc) is 3.31. The van der Waals surface area contributed by atoms with Crippen molar-refractivity contribution in [1.29, 1.82) is 0 Å². The number of benzene rings is 2. The highest BCUT2D eigenvalue weighted by Crippen LogP contribution is 2.25. The molecule has 0 saturated carbocycles. The first kappa shape index (κ1) is 16.6. The van der Waals surface area contributed by atoms with E-state index in [1.54, 1.807) is 24.2 Å². The van der Waals surface area contributed by atoms with Gasteiger partial charge in [0.05, 0.1) is 17.9 Å². The predicted octanol–water partition coefficient (Wildman–Crippen LogP) is 4.74. The number of carbonyl (C=O) groups excluding carboxylic acids is 1. The number of fused-ring (bicyclic) bond motifs is 1. The third-order valence-corrected chi connectivity index (χ3v) is 5.42. The first-order valence-corrected chi connectivity index (χ1v) is 9.87. The Hall–Kier alpha value is -2.84. The monoisotopic (exact) mass is 381 g/mol. The number of aromatic amines is 1. The van der Waals surface area contributed by atoms with Gasteiger partial charge in [-0.25, -0.2) is 4.98 Å². The molecule has 0 aliphatic rings. The Morgan fingerprint density at radius 3 is 2.73 bits per heavy atom. The third kappa shape index (κ3) is 3.56. The Balaban J connectivity index is 1.45. The minimum Gasteiger partial charge on any atom is -0.332 e. The van der Waals surface area contributed by atoms with Crippen molar-refractivity contribution >= 4 is 56.4 Å².